The average Bonchev–Trinajstić information content (AvgIpc) is 3.39. The molecule has 36 heavy (non-hydrogen) atoms. The molecule has 5 aromatic rings. The van der Waals surface area contributed by atoms with E-state index in [-0.39, 0.29) is 11.6 Å². The van der Waals surface area contributed by atoms with Crippen LogP contribution in [-0.4, -0.2) is 19.7 Å². The highest BCUT2D eigenvalue weighted by molar-refractivity contribution is 5.68. The normalized spacial score (nSPS) is 11.1. The lowest BCUT2D eigenvalue weighted by atomic mass is 10.1. The van der Waals surface area contributed by atoms with E-state index in [1.165, 1.54) is 5.56 Å². The Morgan fingerprint density at radius 3 is 2.44 bits per heavy atom. The van der Waals surface area contributed by atoms with Crippen LogP contribution in [0.2, 0.25) is 0 Å². The summed E-state index contributed by atoms with van der Waals surface area (Å²) in [5.41, 5.74) is 6.74. The predicted molar refractivity (Wildman–Crippen MR) is 142 cm³/mol. The number of nitrogens with zero attached hydrogens (tertiary/aromatic N) is 4. The fourth-order valence-corrected chi connectivity index (χ4v) is 3.96. The van der Waals surface area contributed by atoms with Gasteiger partial charge in [-0.25, -0.2) is 4.98 Å². The van der Waals surface area contributed by atoms with E-state index in [0.29, 0.717) is 17.1 Å². The standard InChI is InChI=1S/C29H27N5O2/c1-19(2)34-18-23(13-14-28(34)35)26-17-30-20(3)29(32-26)27-15-25(33-36-27)22-11-9-21(10-12-22)16-31-24-7-5-4-6-8-24/h4-15,17-19,31H,16H2,1-3H3. The van der Waals surface area contributed by atoms with Gasteiger partial charge in [0.15, 0.2) is 5.76 Å². The van der Waals surface area contributed by atoms with Crippen molar-refractivity contribution in [1.29, 1.82) is 0 Å². The molecule has 0 saturated carbocycles. The number of para-hydroxylation sites is 1. The molecule has 0 saturated heterocycles. The van der Waals surface area contributed by atoms with Gasteiger partial charge >= 0.3 is 0 Å². The van der Waals surface area contributed by atoms with E-state index < -0.39 is 0 Å². The Morgan fingerprint density at radius 1 is 0.944 bits per heavy atom. The maximum absolute atomic E-state index is 12.1. The van der Waals surface area contributed by atoms with Crippen LogP contribution in [0.4, 0.5) is 5.69 Å². The molecule has 0 bridgehead atoms. The summed E-state index contributed by atoms with van der Waals surface area (Å²) in [4.78, 5) is 21.5. The second-order valence-electron chi connectivity index (χ2n) is 8.94. The van der Waals surface area contributed by atoms with E-state index in [9.17, 15) is 4.79 Å². The number of hydrogen-bond acceptors (Lipinski definition) is 6. The van der Waals surface area contributed by atoms with E-state index in [1.807, 2.05) is 75.5 Å². The molecule has 180 valence electrons. The molecule has 0 aliphatic carbocycles. The number of aromatic nitrogens is 4. The topological polar surface area (TPSA) is 85.8 Å². The third-order valence-corrected chi connectivity index (χ3v) is 6.01. The van der Waals surface area contributed by atoms with E-state index in [0.717, 1.165) is 34.7 Å². The van der Waals surface area contributed by atoms with Gasteiger partial charge in [-0.2, -0.15) is 0 Å². The van der Waals surface area contributed by atoms with E-state index in [1.54, 1.807) is 22.9 Å². The lowest BCUT2D eigenvalue weighted by Gasteiger charge is -2.11. The summed E-state index contributed by atoms with van der Waals surface area (Å²) in [6, 6.07) is 23.6. The van der Waals surface area contributed by atoms with Gasteiger partial charge in [-0.15, -0.1) is 0 Å². The zero-order valence-electron chi connectivity index (χ0n) is 20.5. The Hall–Kier alpha value is -4.52. The molecule has 3 aromatic heterocycles. The molecule has 5 rings (SSSR count). The first-order valence-electron chi connectivity index (χ1n) is 11.9. The Kier molecular flexibility index (Phi) is 6.45. The van der Waals surface area contributed by atoms with Gasteiger partial charge < -0.3 is 14.4 Å². The highest BCUT2D eigenvalue weighted by atomic mass is 16.5. The van der Waals surface area contributed by atoms with E-state index in [4.69, 9.17) is 9.51 Å². The van der Waals surface area contributed by atoms with E-state index in [2.05, 4.69) is 27.6 Å². The van der Waals surface area contributed by atoms with Gasteiger partial charge in [0.05, 0.1) is 17.6 Å². The largest absolute Gasteiger partial charge is 0.381 e. The van der Waals surface area contributed by atoms with Gasteiger partial charge in [0.25, 0.3) is 5.56 Å². The lowest BCUT2D eigenvalue weighted by Crippen LogP contribution is -2.20. The van der Waals surface area contributed by atoms with Crippen LogP contribution >= 0.6 is 0 Å². The second-order valence-corrected chi connectivity index (χ2v) is 8.94. The Morgan fingerprint density at radius 2 is 1.69 bits per heavy atom. The lowest BCUT2D eigenvalue weighted by molar-refractivity contribution is 0.433. The van der Waals surface area contributed by atoms with Crippen molar-refractivity contribution in [3.05, 3.63) is 107 Å². The smallest absolute Gasteiger partial charge is 0.250 e. The molecular weight excluding hydrogens is 450 g/mol. The first kappa shape index (κ1) is 23.2. The Balaban J connectivity index is 1.37. The van der Waals surface area contributed by atoms with Gasteiger partial charge in [-0.3, -0.25) is 9.78 Å². The molecule has 0 unspecified atom stereocenters. The van der Waals surface area contributed by atoms with Gasteiger partial charge in [0.1, 0.15) is 11.4 Å². The fraction of sp³-hybridized carbons (Fsp3) is 0.172. The zero-order valence-corrected chi connectivity index (χ0v) is 20.5. The van der Waals surface area contributed by atoms with Gasteiger partial charge in [-0.1, -0.05) is 47.6 Å². The molecule has 2 aromatic carbocycles. The quantitative estimate of drug-likeness (QED) is 0.304. The molecule has 1 N–H and O–H groups in total. The summed E-state index contributed by atoms with van der Waals surface area (Å²) in [7, 11) is 0. The number of pyridine rings is 1. The molecule has 0 atom stereocenters. The van der Waals surface area contributed by atoms with Gasteiger partial charge in [0, 0.05) is 47.7 Å². The summed E-state index contributed by atoms with van der Waals surface area (Å²) in [6.45, 7) is 6.57. The number of benzene rings is 2. The van der Waals surface area contributed by atoms with Crippen LogP contribution in [0.5, 0.6) is 0 Å². The molecule has 0 fully saturated rings. The maximum Gasteiger partial charge on any atom is 0.250 e. The predicted octanol–water partition coefficient (Wildman–Crippen LogP) is 6.13. The van der Waals surface area contributed by atoms with Gasteiger partial charge in [0.2, 0.25) is 0 Å². The molecule has 0 aliphatic heterocycles. The first-order chi connectivity index (χ1) is 17.5. The maximum atomic E-state index is 12.1. The van der Waals surface area contributed by atoms with Crippen molar-refractivity contribution in [2.24, 2.45) is 0 Å². The second kappa shape index (κ2) is 10.00. The summed E-state index contributed by atoms with van der Waals surface area (Å²) >= 11 is 0. The van der Waals surface area contributed by atoms with Crippen molar-refractivity contribution >= 4 is 5.69 Å². The van der Waals surface area contributed by atoms with Crippen LogP contribution in [0.25, 0.3) is 34.0 Å². The zero-order chi connectivity index (χ0) is 25.1. The minimum Gasteiger partial charge on any atom is -0.381 e. The van der Waals surface area contributed by atoms with Crippen LogP contribution in [-0.2, 0) is 6.54 Å². The Labute approximate surface area is 209 Å². The molecule has 7 nitrogen and oxygen atoms in total. The molecule has 0 radical (unpaired) electrons. The number of hydrogen-bond donors (Lipinski definition) is 1. The van der Waals surface area contributed by atoms with Crippen LogP contribution in [0.1, 0.15) is 31.1 Å². The van der Waals surface area contributed by atoms with E-state index >= 15 is 0 Å². The number of nitrogens with one attached hydrogen (secondary N) is 1. The SMILES string of the molecule is Cc1ncc(-c2ccc(=O)n(C(C)C)c2)nc1-c1cc(-c2ccc(CNc3ccccc3)cc2)no1. The highest BCUT2D eigenvalue weighted by Gasteiger charge is 2.15. The van der Waals surface area contributed by atoms with Crippen molar-refractivity contribution in [3.63, 3.8) is 0 Å². The number of aryl methyl sites for hydroxylation is 1. The van der Waals surface area contributed by atoms with Crippen molar-refractivity contribution in [2.45, 2.75) is 33.4 Å². The monoisotopic (exact) mass is 477 g/mol. The molecule has 0 aliphatic rings. The van der Waals surface area contributed by atoms with Gasteiger partial charge in [-0.05, 0) is 44.5 Å². The van der Waals surface area contributed by atoms with Crippen molar-refractivity contribution in [1.82, 2.24) is 19.7 Å². The van der Waals surface area contributed by atoms with Crippen LogP contribution in [0.15, 0.2) is 94.5 Å². The van der Waals surface area contributed by atoms with Crippen molar-refractivity contribution < 1.29 is 4.52 Å². The summed E-state index contributed by atoms with van der Waals surface area (Å²) in [6.07, 6.45) is 3.53. The van der Waals surface area contributed by atoms with Crippen molar-refractivity contribution in [2.75, 3.05) is 5.32 Å². The molecule has 0 amide bonds. The summed E-state index contributed by atoms with van der Waals surface area (Å²) in [5, 5.41) is 7.69. The third-order valence-electron chi connectivity index (χ3n) is 6.01. The van der Waals surface area contributed by atoms with Crippen LogP contribution < -0.4 is 10.9 Å². The first-order valence-corrected chi connectivity index (χ1v) is 11.9. The molecular formula is C29H27N5O2. The molecule has 0 spiro atoms. The van der Waals surface area contributed by atoms with Crippen LogP contribution in [0, 0.1) is 6.92 Å². The number of anilines is 1. The van der Waals surface area contributed by atoms with Crippen LogP contribution in [0.3, 0.4) is 0 Å². The number of rotatable bonds is 7. The van der Waals surface area contributed by atoms with Crippen molar-refractivity contribution in [3.8, 4) is 34.0 Å². The summed E-state index contributed by atoms with van der Waals surface area (Å²) < 4.78 is 7.36. The minimum absolute atomic E-state index is 0.0456. The highest BCUT2D eigenvalue weighted by Crippen LogP contribution is 2.28. The molecule has 7 heteroatoms. The molecule has 3 heterocycles. The fourth-order valence-electron chi connectivity index (χ4n) is 3.96. The minimum atomic E-state index is -0.0456. The Bertz CT molecular complexity index is 1540. The average molecular weight is 478 g/mol. The summed E-state index contributed by atoms with van der Waals surface area (Å²) in [5.74, 6) is 0.545. The third kappa shape index (κ3) is 4.95.